The zero-order chi connectivity index (χ0) is 32.3. The molecule has 1 unspecified atom stereocenters. The van der Waals surface area contributed by atoms with Gasteiger partial charge in [0.2, 0.25) is 0 Å². The predicted octanol–water partition coefficient (Wildman–Crippen LogP) is 6.98. The van der Waals surface area contributed by atoms with Crippen molar-refractivity contribution in [1.29, 1.82) is 0 Å². The molecule has 0 spiro atoms. The maximum Gasteiger partial charge on any atom is 0.510 e. The topological polar surface area (TPSA) is 138 Å². The van der Waals surface area contributed by atoms with Gasteiger partial charge in [0.15, 0.2) is 18.2 Å². The number of aliphatic hydroxyl groups is 1. The third-order valence-electron chi connectivity index (χ3n) is 8.63. The summed E-state index contributed by atoms with van der Waals surface area (Å²) in [6.45, 7) is 2.04. The smallest absolute Gasteiger partial charge is 0.434 e. The van der Waals surface area contributed by atoms with Gasteiger partial charge in [-0.05, 0) is 31.6 Å². The van der Waals surface area contributed by atoms with Crippen LogP contribution in [0.3, 0.4) is 0 Å². The van der Waals surface area contributed by atoms with Crippen LogP contribution in [0.1, 0.15) is 122 Å². The molecule has 2 aliphatic rings. The quantitative estimate of drug-likeness (QED) is 0.0483. The molecule has 10 nitrogen and oxygen atoms in total. The summed E-state index contributed by atoms with van der Waals surface area (Å²) in [6.07, 6.45) is 24.1. The van der Waals surface area contributed by atoms with Crippen LogP contribution < -0.4 is 5.73 Å². The fraction of sp³-hybridized carbons (Fsp3) is 0.765. The van der Waals surface area contributed by atoms with Gasteiger partial charge in [0.25, 0.3) is 0 Å². The maximum atomic E-state index is 13.6. The van der Waals surface area contributed by atoms with Crippen molar-refractivity contribution in [2.24, 2.45) is 10.9 Å². The molecule has 0 bridgehead atoms. The Kier molecular flexibility index (Phi) is 16.6. The molecule has 1 aromatic rings. The lowest BCUT2D eigenvalue weighted by Crippen LogP contribution is -2.43. The van der Waals surface area contributed by atoms with Crippen LogP contribution in [-0.2, 0) is 25.4 Å². The third-order valence-corrected chi connectivity index (χ3v) is 8.63. The lowest BCUT2D eigenvalue weighted by Gasteiger charge is -2.26. The number of fused-ring (bicyclic) bond motifs is 1. The molecule has 45 heavy (non-hydrogen) atoms. The number of carbonyl (C=O) groups is 1. The summed E-state index contributed by atoms with van der Waals surface area (Å²) in [5, 5.41) is 10.7. The minimum atomic E-state index is -1.37. The highest BCUT2D eigenvalue weighted by Crippen LogP contribution is 2.36. The first kappa shape index (κ1) is 36.7. The number of nitrogens with two attached hydrogens (primary N) is 1. The molecule has 1 aromatic heterocycles. The Morgan fingerprint density at radius 1 is 1.07 bits per heavy atom. The number of aliphatic hydroxyl groups excluding tert-OH is 1. The van der Waals surface area contributed by atoms with Gasteiger partial charge >= 0.3 is 12.2 Å². The number of hydrogen-bond acceptors (Lipinski definition) is 10. The van der Waals surface area contributed by atoms with Gasteiger partial charge in [0, 0.05) is 12.6 Å². The average molecular weight is 633 g/mol. The number of aliphatic imine (C=N–C) groups is 1. The Morgan fingerprint density at radius 3 is 2.36 bits per heavy atom. The van der Waals surface area contributed by atoms with Crippen molar-refractivity contribution < 1.29 is 33.2 Å². The molecule has 0 aromatic carbocycles. The van der Waals surface area contributed by atoms with Crippen molar-refractivity contribution in [3.63, 3.8) is 0 Å². The summed E-state index contributed by atoms with van der Waals surface area (Å²) >= 11 is 0. The summed E-state index contributed by atoms with van der Waals surface area (Å²) in [5.41, 5.74) is 5.30. The number of aryl methyl sites for hydroxylation is 1. The maximum absolute atomic E-state index is 13.6. The zero-order valence-corrected chi connectivity index (χ0v) is 27.0. The fourth-order valence-corrected chi connectivity index (χ4v) is 5.98. The minimum Gasteiger partial charge on any atom is -0.434 e. The lowest BCUT2D eigenvalue weighted by atomic mass is 9.93. The van der Waals surface area contributed by atoms with Crippen molar-refractivity contribution in [1.82, 2.24) is 9.97 Å². The molecule has 1 saturated heterocycles. The van der Waals surface area contributed by atoms with Crippen molar-refractivity contribution in [2.45, 2.75) is 140 Å². The fourth-order valence-electron chi connectivity index (χ4n) is 5.98. The molecule has 0 amide bonds. The van der Waals surface area contributed by atoms with Gasteiger partial charge in [-0.25, -0.2) is 9.78 Å². The van der Waals surface area contributed by atoms with Crippen LogP contribution in [0.4, 0.5) is 20.7 Å². The first-order valence-corrected chi connectivity index (χ1v) is 16.9. The summed E-state index contributed by atoms with van der Waals surface area (Å²) in [4.78, 5) is 23.7. The summed E-state index contributed by atoms with van der Waals surface area (Å²) in [5.74, 6) is 2.51. The number of nitrogen functional groups attached to an aromatic ring is 1. The number of ether oxygens (including phenoxy) is 4. The van der Waals surface area contributed by atoms with Gasteiger partial charge in [0.05, 0.1) is 31.1 Å². The zero-order valence-electron chi connectivity index (χ0n) is 27.0. The Bertz CT molecular complexity index is 1100. The number of hydrogen-bond donors (Lipinski definition) is 2. The van der Waals surface area contributed by atoms with Gasteiger partial charge in [0.1, 0.15) is 5.69 Å². The molecule has 2 aliphatic heterocycles. The van der Waals surface area contributed by atoms with Crippen molar-refractivity contribution in [3.8, 4) is 12.3 Å². The van der Waals surface area contributed by atoms with Crippen LogP contribution in [0, 0.1) is 24.3 Å². The van der Waals surface area contributed by atoms with Crippen LogP contribution in [-0.4, -0.2) is 65.3 Å². The number of carbonyl (C=O) groups excluding carboxylic acids is 1. The number of anilines is 1. The first-order chi connectivity index (χ1) is 21.9. The van der Waals surface area contributed by atoms with E-state index in [2.05, 4.69) is 27.8 Å². The van der Waals surface area contributed by atoms with E-state index in [9.17, 15) is 14.3 Å². The van der Waals surface area contributed by atoms with E-state index in [-0.39, 0.29) is 31.2 Å². The van der Waals surface area contributed by atoms with Gasteiger partial charge < -0.3 is 29.8 Å². The molecular formula is C34H53FN4O6. The second kappa shape index (κ2) is 20.3. The molecule has 0 radical (unpaired) electrons. The SMILES string of the molecule is C#C[C@]1(COCOC(=O)OCCCCCCCCCCCCCCCC)O[C@@H](CC2C=Nc3c(N)nc(F)nc3CC2)C[C@@H]1O. The number of nitrogens with zero attached hydrogens (tertiary/aromatic N) is 3. The number of halogens is 1. The standard InChI is InChI=1S/C34H53FN4O6/c1-3-5-6-7-8-9-10-11-12-13-14-15-16-17-20-43-33(41)44-25-42-24-34(4-2)29(40)22-27(45-34)21-26-18-19-28-30(37-23-26)31(36)39-32(35)38-28/h2,23,26-27,29,40H,3,5-22,24-25H2,1H3,(H2,36,38,39)/t26?,27-,29-,34+/m0/s1. The van der Waals surface area contributed by atoms with Crippen molar-refractivity contribution in [2.75, 3.05) is 25.7 Å². The molecule has 11 heteroatoms. The van der Waals surface area contributed by atoms with Crippen molar-refractivity contribution in [3.05, 3.63) is 11.8 Å². The molecule has 3 rings (SSSR count). The van der Waals surface area contributed by atoms with Crippen LogP contribution in [0.2, 0.25) is 0 Å². The van der Waals surface area contributed by atoms with E-state index in [0.29, 0.717) is 43.7 Å². The van der Waals surface area contributed by atoms with E-state index in [1.165, 1.54) is 70.6 Å². The molecule has 3 heterocycles. The van der Waals surface area contributed by atoms with E-state index < -0.39 is 23.9 Å². The minimum absolute atomic E-state index is 0.00588. The number of aromatic nitrogens is 2. The summed E-state index contributed by atoms with van der Waals surface area (Å²) < 4.78 is 35.2. The Hall–Kier alpha value is -2.81. The summed E-state index contributed by atoms with van der Waals surface area (Å²) in [7, 11) is 0. The monoisotopic (exact) mass is 632 g/mol. The molecule has 3 N–H and O–H groups in total. The highest BCUT2D eigenvalue weighted by molar-refractivity contribution is 5.73. The Balaban J connectivity index is 1.21. The van der Waals surface area contributed by atoms with E-state index in [1.54, 1.807) is 6.21 Å². The van der Waals surface area contributed by atoms with Gasteiger partial charge in [-0.1, -0.05) is 96.3 Å². The van der Waals surface area contributed by atoms with E-state index in [4.69, 9.17) is 31.1 Å². The number of rotatable bonds is 21. The van der Waals surface area contributed by atoms with Crippen LogP contribution in [0.5, 0.6) is 0 Å². The van der Waals surface area contributed by atoms with E-state index in [1.807, 2.05) is 0 Å². The average Bonchev–Trinajstić information content (AvgIpc) is 3.18. The van der Waals surface area contributed by atoms with E-state index >= 15 is 0 Å². The highest BCUT2D eigenvalue weighted by atomic mass is 19.1. The molecular weight excluding hydrogens is 579 g/mol. The second-order valence-electron chi connectivity index (χ2n) is 12.3. The van der Waals surface area contributed by atoms with Gasteiger partial charge in [-0.2, -0.15) is 9.37 Å². The second-order valence-corrected chi connectivity index (χ2v) is 12.3. The van der Waals surface area contributed by atoms with E-state index in [0.717, 1.165) is 19.3 Å². The first-order valence-electron chi connectivity index (χ1n) is 16.9. The van der Waals surface area contributed by atoms with Gasteiger partial charge in [-0.15, -0.1) is 6.42 Å². The third kappa shape index (κ3) is 12.8. The molecule has 0 aliphatic carbocycles. The number of unbranched alkanes of at least 4 members (excludes halogenated alkanes) is 13. The van der Waals surface area contributed by atoms with Crippen LogP contribution >= 0.6 is 0 Å². The predicted molar refractivity (Wildman–Crippen MR) is 172 cm³/mol. The van der Waals surface area contributed by atoms with Gasteiger partial charge in [-0.3, -0.25) is 4.99 Å². The molecule has 252 valence electrons. The molecule has 1 fully saturated rings. The van der Waals surface area contributed by atoms with Crippen molar-refractivity contribution >= 4 is 23.9 Å². The Morgan fingerprint density at radius 2 is 1.71 bits per heavy atom. The number of terminal acetylenes is 1. The highest BCUT2D eigenvalue weighted by Gasteiger charge is 2.47. The largest absolute Gasteiger partial charge is 0.510 e. The lowest BCUT2D eigenvalue weighted by molar-refractivity contribution is -0.123. The molecule has 4 atom stereocenters. The van der Waals surface area contributed by atoms with Crippen LogP contribution in [0.25, 0.3) is 0 Å². The van der Waals surface area contributed by atoms with Crippen LogP contribution in [0.15, 0.2) is 4.99 Å². The Labute approximate surface area is 268 Å². The summed E-state index contributed by atoms with van der Waals surface area (Å²) in [6, 6.07) is 0. The normalized spacial score (nSPS) is 22.5. The molecule has 0 saturated carbocycles.